The Morgan fingerprint density at radius 3 is 2.38 bits per heavy atom. The number of hydrogen-bond acceptors (Lipinski definition) is 2. The first-order valence-electron chi connectivity index (χ1n) is 5.08. The fourth-order valence-corrected chi connectivity index (χ4v) is 1.70. The molecular formula is C12H14O4. The molecule has 0 saturated carbocycles. The van der Waals surface area contributed by atoms with Crippen molar-refractivity contribution in [2.75, 3.05) is 0 Å². The molecule has 1 atom stereocenters. The highest BCUT2D eigenvalue weighted by Crippen LogP contribution is 2.24. The van der Waals surface area contributed by atoms with E-state index in [1.807, 2.05) is 19.1 Å². The molecule has 0 fully saturated rings. The number of hydrogen-bond donors (Lipinski definition) is 2. The van der Waals surface area contributed by atoms with E-state index in [0.717, 1.165) is 5.56 Å². The normalized spacial score (nSPS) is 12.1. The van der Waals surface area contributed by atoms with E-state index in [0.29, 0.717) is 12.0 Å². The van der Waals surface area contributed by atoms with Crippen LogP contribution in [0.2, 0.25) is 0 Å². The van der Waals surface area contributed by atoms with Gasteiger partial charge in [0, 0.05) is 0 Å². The largest absolute Gasteiger partial charge is 0.481 e. The van der Waals surface area contributed by atoms with Gasteiger partial charge in [0.1, 0.15) is 0 Å². The summed E-state index contributed by atoms with van der Waals surface area (Å²) in [5.41, 5.74) is 1.48. The Balaban J connectivity index is 3.10. The minimum absolute atomic E-state index is 0.383. The number of rotatable bonds is 5. The molecule has 1 rings (SSSR count). The summed E-state index contributed by atoms with van der Waals surface area (Å²) in [5.74, 6) is -3.16. The Kier molecular flexibility index (Phi) is 4.05. The smallest absolute Gasteiger partial charge is 0.311 e. The first-order valence-corrected chi connectivity index (χ1v) is 5.08. The average Bonchev–Trinajstić information content (AvgIpc) is 2.25. The summed E-state index contributed by atoms with van der Waals surface area (Å²) in [7, 11) is 0. The molecule has 86 valence electrons. The number of carboxylic acid groups (broad SMARTS) is 2. The Hall–Kier alpha value is -1.84. The van der Waals surface area contributed by atoms with E-state index >= 15 is 0 Å². The highest BCUT2D eigenvalue weighted by molar-refractivity contribution is 5.82. The Bertz CT molecular complexity index is 398. The highest BCUT2D eigenvalue weighted by Gasteiger charge is 2.24. The van der Waals surface area contributed by atoms with Crippen molar-refractivity contribution in [1.82, 2.24) is 0 Å². The number of aryl methyl sites for hydroxylation is 1. The van der Waals surface area contributed by atoms with E-state index in [2.05, 4.69) is 0 Å². The van der Waals surface area contributed by atoms with Gasteiger partial charge in [0.15, 0.2) is 0 Å². The number of carbonyl (C=O) groups is 2. The van der Waals surface area contributed by atoms with Crippen LogP contribution in [-0.2, 0) is 16.0 Å². The van der Waals surface area contributed by atoms with Crippen LogP contribution in [0, 0.1) is 0 Å². The summed E-state index contributed by atoms with van der Waals surface area (Å²) >= 11 is 0. The van der Waals surface area contributed by atoms with Crippen LogP contribution in [0.15, 0.2) is 24.3 Å². The van der Waals surface area contributed by atoms with Crippen LogP contribution in [0.1, 0.15) is 30.4 Å². The van der Waals surface area contributed by atoms with Gasteiger partial charge in [0.05, 0.1) is 12.3 Å². The highest BCUT2D eigenvalue weighted by atomic mass is 16.4. The molecule has 4 heteroatoms. The maximum absolute atomic E-state index is 11.0. The fourth-order valence-electron chi connectivity index (χ4n) is 1.70. The monoisotopic (exact) mass is 222 g/mol. The van der Waals surface area contributed by atoms with Gasteiger partial charge < -0.3 is 10.2 Å². The third kappa shape index (κ3) is 2.82. The molecule has 0 heterocycles. The zero-order valence-corrected chi connectivity index (χ0v) is 9.01. The predicted octanol–water partition coefficient (Wildman–Crippen LogP) is 1.89. The molecule has 0 amide bonds. The van der Waals surface area contributed by atoms with Crippen molar-refractivity contribution >= 4 is 11.9 Å². The predicted molar refractivity (Wildman–Crippen MR) is 58.4 cm³/mol. The molecule has 0 bridgehead atoms. The molecule has 0 radical (unpaired) electrons. The first-order chi connectivity index (χ1) is 7.56. The molecule has 4 nitrogen and oxygen atoms in total. The van der Waals surface area contributed by atoms with E-state index < -0.39 is 17.9 Å². The summed E-state index contributed by atoms with van der Waals surface area (Å²) < 4.78 is 0. The maximum Gasteiger partial charge on any atom is 0.311 e. The molecule has 2 N–H and O–H groups in total. The lowest BCUT2D eigenvalue weighted by atomic mass is 9.90. The molecule has 0 aliphatic heterocycles. The summed E-state index contributed by atoms with van der Waals surface area (Å²) in [6.07, 6.45) is 0.311. The van der Waals surface area contributed by atoms with E-state index in [4.69, 9.17) is 10.2 Å². The second-order valence-corrected chi connectivity index (χ2v) is 3.54. The molecular weight excluding hydrogens is 208 g/mol. The average molecular weight is 222 g/mol. The molecule has 0 saturated heterocycles. The van der Waals surface area contributed by atoms with Gasteiger partial charge in [-0.3, -0.25) is 9.59 Å². The molecule has 16 heavy (non-hydrogen) atoms. The van der Waals surface area contributed by atoms with Crippen molar-refractivity contribution in [2.24, 2.45) is 0 Å². The van der Waals surface area contributed by atoms with Gasteiger partial charge in [-0.15, -0.1) is 0 Å². The Labute approximate surface area is 93.5 Å². The van der Waals surface area contributed by atoms with Crippen molar-refractivity contribution in [3.8, 4) is 0 Å². The van der Waals surface area contributed by atoms with Gasteiger partial charge in [-0.25, -0.2) is 0 Å². The van der Waals surface area contributed by atoms with E-state index in [1.165, 1.54) is 0 Å². The lowest BCUT2D eigenvalue weighted by Gasteiger charge is -2.14. The van der Waals surface area contributed by atoms with Crippen LogP contribution in [0.4, 0.5) is 0 Å². The second kappa shape index (κ2) is 5.30. The van der Waals surface area contributed by atoms with Crippen molar-refractivity contribution in [3.63, 3.8) is 0 Å². The first kappa shape index (κ1) is 12.2. The third-order valence-corrected chi connectivity index (χ3v) is 2.49. The SMILES string of the molecule is CCc1ccccc1C(CC(=O)O)C(=O)O. The lowest BCUT2D eigenvalue weighted by molar-refractivity contribution is -0.145. The Morgan fingerprint density at radius 1 is 1.25 bits per heavy atom. The van der Waals surface area contributed by atoms with Crippen LogP contribution in [0.5, 0.6) is 0 Å². The standard InChI is InChI=1S/C12H14O4/c1-2-8-5-3-4-6-9(8)10(12(15)16)7-11(13)14/h3-6,10H,2,7H2,1H3,(H,13,14)(H,15,16). The molecule has 0 aromatic heterocycles. The molecule has 1 unspecified atom stereocenters. The van der Waals surface area contributed by atoms with Gasteiger partial charge in [-0.2, -0.15) is 0 Å². The number of benzene rings is 1. The maximum atomic E-state index is 11.0. The van der Waals surface area contributed by atoms with Crippen LogP contribution in [0.3, 0.4) is 0 Å². The van der Waals surface area contributed by atoms with Gasteiger partial charge >= 0.3 is 11.9 Å². The van der Waals surface area contributed by atoms with Crippen molar-refractivity contribution < 1.29 is 19.8 Å². The van der Waals surface area contributed by atoms with Crippen LogP contribution < -0.4 is 0 Å². The van der Waals surface area contributed by atoms with Crippen molar-refractivity contribution in [1.29, 1.82) is 0 Å². The molecule has 1 aromatic carbocycles. The summed E-state index contributed by atoms with van der Waals surface area (Å²) in [4.78, 5) is 21.7. The molecule has 0 aliphatic carbocycles. The second-order valence-electron chi connectivity index (χ2n) is 3.54. The lowest BCUT2D eigenvalue weighted by Crippen LogP contribution is -2.17. The quantitative estimate of drug-likeness (QED) is 0.797. The third-order valence-electron chi connectivity index (χ3n) is 2.49. The summed E-state index contributed by atoms with van der Waals surface area (Å²) in [6, 6.07) is 7.06. The van der Waals surface area contributed by atoms with Crippen molar-refractivity contribution in [3.05, 3.63) is 35.4 Å². The van der Waals surface area contributed by atoms with E-state index in [1.54, 1.807) is 12.1 Å². The minimum Gasteiger partial charge on any atom is -0.481 e. The number of aliphatic carboxylic acids is 2. The molecule has 0 aliphatic rings. The zero-order chi connectivity index (χ0) is 12.1. The summed E-state index contributed by atoms with van der Waals surface area (Å²) in [6.45, 7) is 1.92. The number of carboxylic acids is 2. The van der Waals surface area contributed by atoms with Crippen LogP contribution in [-0.4, -0.2) is 22.2 Å². The van der Waals surface area contributed by atoms with Gasteiger partial charge in [-0.1, -0.05) is 31.2 Å². The van der Waals surface area contributed by atoms with Gasteiger partial charge in [0.2, 0.25) is 0 Å². The summed E-state index contributed by atoms with van der Waals surface area (Å²) in [5, 5.41) is 17.7. The molecule has 1 aromatic rings. The van der Waals surface area contributed by atoms with Gasteiger partial charge in [0.25, 0.3) is 0 Å². The minimum atomic E-state index is -1.10. The fraction of sp³-hybridized carbons (Fsp3) is 0.333. The van der Waals surface area contributed by atoms with E-state index in [9.17, 15) is 9.59 Å². The van der Waals surface area contributed by atoms with E-state index in [-0.39, 0.29) is 6.42 Å². The Morgan fingerprint density at radius 2 is 1.88 bits per heavy atom. The van der Waals surface area contributed by atoms with Crippen LogP contribution in [0.25, 0.3) is 0 Å². The topological polar surface area (TPSA) is 74.6 Å². The van der Waals surface area contributed by atoms with Crippen LogP contribution >= 0.6 is 0 Å². The molecule has 0 spiro atoms. The zero-order valence-electron chi connectivity index (χ0n) is 9.01. The van der Waals surface area contributed by atoms with Crippen molar-refractivity contribution in [2.45, 2.75) is 25.7 Å². The van der Waals surface area contributed by atoms with Gasteiger partial charge in [-0.05, 0) is 17.5 Å².